The van der Waals surface area contributed by atoms with E-state index < -0.39 is 15.9 Å². The summed E-state index contributed by atoms with van der Waals surface area (Å²) in [7, 11) is -2.21. The number of aryl methyl sites for hydroxylation is 2. The van der Waals surface area contributed by atoms with E-state index in [-0.39, 0.29) is 15.9 Å². The third-order valence-electron chi connectivity index (χ3n) is 5.21. The minimum atomic E-state index is -4.03. The third-order valence-corrected chi connectivity index (χ3v) is 6.54. The molecule has 32 heavy (non-hydrogen) atoms. The first-order chi connectivity index (χ1) is 14.9. The second-order valence-electron chi connectivity index (χ2n) is 8.91. The number of sulfonamides is 1. The van der Waals surface area contributed by atoms with E-state index in [2.05, 4.69) is 4.72 Å². The molecule has 0 unspecified atom stereocenters. The molecular formula is C25H29N3O3S. The van der Waals surface area contributed by atoms with Gasteiger partial charge >= 0.3 is 0 Å². The van der Waals surface area contributed by atoms with Crippen LogP contribution in [0.5, 0.6) is 0 Å². The maximum Gasteiger partial charge on any atom is 0.268 e. The van der Waals surface area contributed by atoms with Gasteiger partial charge in [0.05, 0.1) is 10.5 Å². The Bertz CT molecular complexity index is 1260. The molecule has 0 fully saturated rings. The molecule has 3 aromatic rings. The fourth-order valence-electron chi connectivity index (χ4n) is 3.37. The van der Waals surface area contributed by atoms with Crippen molar-refractivity contribution in [3.8, 4) is 0 Å². The normalized spacial score (nSPS) is 11.8. The van der Waals surface area contributed by atoms with Crippen LogP contribution in [0.25, 0.3) is 0 Å². The van der Waals surface area contributed by atoms with Crippen molar-refractivity contribution in [2.75, 3.05) is 11.9 Å². The van der Waals surface area contributed by atoms with Crippen LogP contribution in [-0.4, -0.2) is 26.4 Å². The Morgan fingerprint density at radius 3 is 2.28 bits per heavy atom. The fraction of sp³-hybridized carbons (Fsp3) is 0.280. The molecule has 0 saturated carbocycles. The van der Waals surface area contributed by atoms with Gasteiger partial charge in [-0.15, -0.1) is 0 Å². The van der Waals surface area contributed by atoms with Crippen molar-refractivity contribution >= 4 is 27.4 Å². The number of anilines is 2. The van der Waals surface area contributed by atoms with Crippen molar-refractivity contribution in [3.63, 3.8) is 0 Å². The molecule has 168 valence electrons. The Kier molecular flexibility index (Phi) is 6.41. The standard InChI is InChI=1S/C25H29N3O3S/c1-17-10-9-12-19(16-17)32(30,31)27-24(29)20-14-15-22(25(3,4)5)26-23(20)28(6)21-13-8-7-11-18(21)2/h7-16H,1-6H3,(H,27,29). The first-order valence-electron chi connectivity index (χ1n) is 10.3. The fourth-order valence-corrected chi connectivity index (χ4v) is 4.44. The monoisotopic (exact) mass is 451 g/mol. The molecule has 0 saturated heterocycles. The van der Waals surface area contributed by atoms with E-state index in [1.807, 2.05) is 63.9 Å². The van der Waals surface area contributed by atoms with E-state index in [1.165, 1.54) is 12.1 Å². The van der Waals surface area contributed by atoms with Gasteiger partial charge in [0, 0.05) is 23.8 Å². The maximum atomic E-state index is 13.2. The summed E-state index contributed by atoms with van der Waals surface area (Å²) in [5.41, 5.74) is 3.41. The minimum Gasteiger partial charge on any atom is -0.329 e. The van der Waals surface area contributed by atoms with Crippen molar-refractivity contribution in [3.05, 3.63) is 83.0 Å². The number of hydrogen-bond acceptors (Lipinski definition) is 5. The zero-order valence-electron chi connectivity index (χ0n) is 19.3. The lowest BCUT2D eigenvalue weighted by atomic mass is 9.91. The number of pyridine rings is 1. The Balaban J connectivity index is 2.07. The second-order valence-corrected chi connectivity index (χ2v) is 10.6. The summed E-state index contributed by atoms with van der Waals surface area (Å²) in [5, 5.41) is 0. The van der Waals surface area contributed by atoms with Crippen LogP contribution in [0, 0.1) is 13.8 Å². The Labute approximate surface area is 190 Å². The molecule has 0 bridgehead atoms. The lowest BCUT2D eigenvalue weighted by Gasteiger charge is -2.26. The van der Waals surface area contributed by atoms with Crippen LogP contribution in [0.3, 0.4) is 0 Å². The molecule has 1 N–H and O–H groups in total. The molecule has 0 aliphatic rings. The second kappa shape index (κ2) is 8.74. The Morgan fingerprint density at radius 2 is 1.66 bits per heavy atom. The van der Waals surface area contributed by atoms with Crippen molar-refractivity contribution in [1.82, 2.24) is 9.71 Å². The summed E-state index contributed by atoms with van der Waals surface area (Å²) in [4.78, 5) is 19.8. The first kappa shape index (κ1) is 23.5. The van der Waals surface area contributed by atoms with Crippen LogP contribution >= 0.6 is 0 Å². The van der Waals surface area contributed by atoms with Crippen molar-refractivity contribution < 1.29 is 13.2 Å². The zero-order chi connectivity index (χ0) is 23.7. The Morgan fingerprint density at radius 1 is 0.969 bits per heavy atom. The molecule has 0 atom stereocenters. The lowest BCUT2D eigenvalue weighted by Crippen LogP contribution is -2.32. The summed E-state index contributed by atoms with van der Waals surface area (Å²) < 4.78 is 27.9. The van der Waals surface area contributed by atoms with E-state index in [4.69, 9.17) is 4.98 Å². The van der Waals surface area contributed by atoms with Crippen LogP contribution in [0.15, 0.2) is 65.6 Å². The molecule has 1 aromatic heterocycles. The van der Waals surface area contributed by atoms with Gasteiger partial charge in [-0.3, -0.25) is 4.79 Å². The van der Waals surface area contributed by atoms with Crippen molar-refractivity contribution in [2.45, 2.75) is 44.9 Å². The van der Waals surface area contributed by atoms with Gasteiger partial charge in [-0.05, 0) is 55.3 Å². The van der Waals surface area contributed by atoms with E-state index in [0.717, 1.165) is 22.5 Å². The molecule has 0 aliphatic heterocycles. The van der Waals surface area contributed by atoms with Crippen molar-refractivity contribution in [1.29, 1.82) is 0 Å². The highest BCUT2D eigenvalue weighted by molar-refractivity contribution is 7.90. The number of para-hydroxylation sites is 1. The summed E-state index contributed by atoms with van der Waals surface area (Å²) in [6.07, 6.45) is 0. The minimum absolute atomic E-state index is 0.0407. The van der Waals surface area contributed by atoms with Crippen LogP contribution < -0.4 is 9.62 Å². The van der Waals surface area contributed by atoms with Gasteiger partial charge in [0.1, 0.15) is 5.82 Å². The highest BCUT2D eigenvalue weighted by Gasteiger charge is 2.26. The van der Waals surface area contributed by atoms with Crippen LogP contribution in [0.2, 0.25) is 0 Å². The molecule has 0 radical (unpaired) electrons. The predicted octanol–water partition coefficient (Wildman–Crippen LogP) is 4.88. The van der Waals surface area contributed by atoms with Crippen LogP contribution in [0.1, 0.15) is 48.0 Å². The topological polar surface area (TPSA) is 79.4 Å². The lowest BCUT2D eigenvalue weighted by molar-refractivity contribution is 0.0981. The van der Waals surface area contributed by atoms with Gasteiger partial charge < -0.3 is 4.90 Å². The van der Waals surface area contributed by atoms with Gasteiger partial charge in [0.15, 0.2) is 0 Å². The molecule has 2 aromatic carbocycles. The molecule has 7 heteroatoms. The van der Waals surface area contributed by atoms with Gasteiger partial charge in [-0.1, -0.05) is 51.1 Å². The molecular weight excluding hydrogens is 422 g/mol. The number of benzene rings is 2. The van der Waals surface area contributed by atoms with E-state index >= 15 is 0 Å². The van der Waals surface area contributed by atoms with Gasteiger partial charge in [0.2, 0.25) is 0 Å². The summed E-state index contributed by atoms with van der Waals surface area (Å²) in [6.45, 7) is 9.88. The maximum absolute atomic E-state index is 13.2. The zero-order valence-corrected chi connectivity index (χ0v) is 20.1. The number of amides is 1. The largest absolute Gasteiger partial charge is 0.329 e. The third kappa shape index (κ3) is 4.99. The van der Waals surface area contributed by atoms with Gasteiger partial charge in [-0.25, -0.2) is 18.1 Å². The summed E-state index contributed by atoms with van der Waals surface area (Å²) >= 11 is 0. The predicted molar refractivity (Wildman–Crippen MR) is 128 cm³/mol. The van der Waals surface area contributed by atoms with E-state index in [9.17, 15) is 13.2 Å². The SMILES string of the molecule is Cc1cccc(S(=O)(=O)NC(=O)c2ccc(C(C)(C)C)nc2N(C)c2ccccc2C)c1. The average molecular weight is 452 g/mol. The number of aromatic nitrogens is 1. The number of hydrogen-bond donors (Lipinski definition) is 1. The molecule has 3 rings (SSSR count). The van der Waals surface area contributed by atoms with Gasteiger partial charge in [0.25, 0.3) is 15.9 Å². The van der Waals surface area contributed by atoms with E-state index in [1.54, 1.807) is 31.2 Å². The number of carbonyl (C=O) groups is 1. The van der Waals surface area contributed by atoms with Crippen LogP contribution in [0.4, 0.5) is 11.5 Å². The van der Waals surface area contributed by atoms with Crippen molar-refractivity contribution in [2.24, 2.45) is 0 Å². The highest BCUT2D eigenvalue weighted by Crippen LogP contribution is 2.31. The molecule has 6 nitrogen and oxygen atoms in total. The summed E-state index contributed by atoms with van der Waals surface area (Å²) in [5.74, 6) is -0.335. The first-order valence-corrected chi connectivity index (χ1v) is 11.8. The summed E-state index contributed by atoms with van der Waals surface area (Å²) in [6, 6.07) is 17.6. The number of nitrogens with zero attached hydrogens (tertiary/aromatic N) is 2. The number of nitrogens with one attached hydrogen (secondary N) is 1. The molecule has 1 heterocycles. The van der Waals surface area contributed by atoms with Gasteiger partial charge in [-0.2, -0.15) is 0 Å². The molecule has 0 aliphatic carbocycles. The number of carbonyl (C=O) groups excluding carboxylic acids is 1. The van der Waals surface area contributed by atoms with E-state index in [0.29, 0.717) is 5.82 Å². The Hall–Kier alpha value is -3.19. The molecule has 0 spiro atoms. The number of rotatable bonds is 5. The average Bonchev–Trinajstić information content (AvgIpc) is 2.72. The molecule has 1 amide bonds. The highest BCUT2D eigenvalue weighted by atomic mass is 32.2. The smallest absolute Gasteiger partial charge is 0.268 e. The quantitative estimate of drug-likeness (QED) is 0.598. The van der Waals surface area contributed by atoms with Crippen LogP contribution in [-0.2, 0) is 15.4 Å².